The molecular formula is C22H16F3N3O2S2. The van der Waals surface area contributed by atoms with Crippen molar-refractivity contribution in [1.29, 1.82) is 0 Å². The van der Waals surface area contributed by atoms with Gasteiger partial charge in [0, 0.05) is 4.88 Å². The van der Waals surface area contributed by atoms with Crippen LogP contribution >= 0.6 is 23.1 Å². The largest absolute Gasteiger partial charge is 0.418 e. The number of carbonyl (C=O) groups is 1. The molecule has 5 nitrogen and oxygen atoms in total. The molecule has 4 rings (SSSR count). The van der Waals surface area contributed by atoms with E-state index in [0.717, 1.165) is 27.3 Å². The van der Waals surface area contributed by atoms with E-state index in [1.165, 1.54) is 35.6 Å². The maximum absolute atomic E-state index is 13.7. The van der Waals surface area contributed by atoms with E-state index in [0.29, 0.717) is 12.1 Å². The van der Waals surface area contributed by atoms with Gasteiger partial charge in [0.25, 0.3) is 5.56 Å². The van der Waals surface area contributed by atoms with Gasteiger partial charge in [-0.2, -0.15) is 13.2 Å². The summed E-state index contributed by atoms with van der Waals surface area (Å²) in [6, 6.07) is 15.0. The molecule has 0 atom stereocenters. The number of halogens is 3. The van der Waals surface area contributed by atoms with Gasteiger partial charge in [-0.25, -0.2) is 4.98 Å². The van der Waals surface area contributed by atoms with Crippen molar-refractivity contribution in [2.24, 2.45) is 0 Å². The minimum absolute atomic E-state index is 0.0108. The fourth-order valence-corrected chi connectivity index (χ4v) is 4.59. The number of nitrogens with one attached hydrogen (secondary N) is 1. The molecule has 1 N–H and O–H groups in total. The van der Waals surface area contributed by atoms with Gasteiger partial charge in [0.1, 0.15) is 0 Å². The van der Waals surface area contributed by atoms with Crippen LogP contribution in [0.2, 0.25) is 0 Å². The van der Waals surface area contributed by atoms with E-state index >= 15 is 0 Å². The fraction of sp³-hybridized carbons (Fsp3) is 0.136. The number of amides is 1. The van der Waals surface area contributed by atoms with Crippen LogP contribution in [0.15, 0.2) is 76.0 Å². The summed E-state index contributed by atoms with van der Waals surface area (Å²) in [6.07, 6.45) is -4.66. The van der Waals surface area contributed by atoms with Gasteiger partial charge in [0.2, 0.25) is 5.91 Å². The summed E-state index contributed by atoms with van der Waals surface area (Å²) in [5, 5.41) is 4.85. The van der Waals surface area contributed by atoms with Crippen LogP contribution in [0.25, 0.3) is 16.6 Å². The first-order valence-electron chi connectivity index (χ1n) is 9.45. The summed E-state index contributed by atoms with van der Waals surface area (Å²) in [7, 11) is 0. The number of thiophene rings is 1. The lowest BCUT2D eigenvalue weighted by Gasteiger charge is -2.17. The SMILES string of the molecule is O=C(CSc1nc2ccccc2c(=O)n1-c1ccccc1C(F)(F)F)NCc1cccs1. The summed E-state index contributed by atoms with van der Waals surface area (Å²) in [4.78, 5) is 30.9. The van der Waals surface area contributed by atoms with Crippen LogP contribution in [0, 0.1) is 0 Å². The van der Waals surface area contributed by atoms with Crippen LogP contribution < -0.4 is 10.9 Å². The van der Waals surface area contributed by atoms with E-state index in [-0.39, 0.29) is 27.9 Å². The minimum atomic E-state index is -4.66. The fourth-order valence-electron chi connectivity index (χ4n) is 3.11. The summed E-state index contributed by atoms with van der Waals surface area (Å²) in [5.74, 6) is -0.425. The summed E-state index contributed by atoms with van der Waals surface area (Å²) >= 11 is 2.41. The van der Waals surface area contributed by atoms with E-state index in [4.69, 9.17) is 0 Å². The van der Waals surface area contributed by atoms with Gasteiger partial charge in [-0.15, -0.1) is 11.3 Å². The smallest absolute Gasteiger partial charge is 0.350 e. The van der Waals surface area contributed by atoms with Crippen molar-refractivity contribution in [1.82, 2.24) is 14.9 Å². The summed E-state index contributed by atoms with van der Waals surface area (Å²) in [6.45, 7) is 0.353. The molecule has 2 aromatic carbocycles. The molecule has 0 bridgehead atoms. The molecule has 0 spiro atoms. The highest BCUT2D eigenvalue weighted by molar-refractivity contribution is 7.99. The highest BCUT2D eigenvalue weighted by atomic mass is 32.2. The molecule has 1 amide bonds. The first-order valence-corrected chi connectivity index (χ1v) is 11.3. The van der Waals surface area contributed by atoms with Gasteiger partial charge in [-0.3, -0.25) is 14.2 Å². The third-order valence-electron chi connectivity index (χ3n) is 4.57. The number of para-hydroxylation sites is 2. The lowest BCUT2D eigenvalue weighted by atomic mass is 10.1. The molecule has 0 radical (unpaired) electrons. The number of aromatic nitrogens is 2. The number of alkyl halides is 3. The average molecular weight is 476 g/mol. The molecule has 0 saturated carbocycles. The van der Waals surface area contributed by atoms with Crippen molar-refractivity contribution in [2.75, 3.05) is 5.75 Å². The second-order valence-electron chi connectivity index (χ2n) is 6.71. The maximum atomic E-state index is 13.7. The number of fused-ring (bicyclic) bond motifs is 1. The maximum Gasteiger partial charge on any atom is 0.418 e. The second-order valence-corrected chi connectivity index (χ2v) is 8.69. The topological polar surface area (TPSA) is 64.0 Å². The van der Waals surface area contributed by atoms with Crippen LogP contribution in [0.1, 0.15) is 10.4 Å². The zero-order chi connectivity index (χ0) is 22.7. The van der Waals surface area contributed by atoms with E-state index in [9.17, 15) is 22.8 Å². The molecule has 0 fully saturated rings. The molecule has 0 aliphatic carbocycles. The number of carbonyl (C=O) groups excluding carboxylic acids is 1. The lowest BCUT2D eigenvalue weighted by Crippen LogP contribution is -2.27. The van der Waals surface area contributed by atoms with Crippen LogP contribution in [0.3, 0.4) is 0 Å². The van der Waals surface area contributed by atoms with Crippen molar-refractivity contribution in [3.05, 3.63) is 86.8 Å². The normalized spacial score (nSPS) is 11.6. The number of hydrogen-bond donors (Lipinski definition) is 1. The standard InChI is InChI=1S/C22H16F3N3O2S2/c23-22(24,25)16-8-2-4-10-18(16)28-20(30)15-7-1-3-9-17(15)27-21(28)32-13-19(29)26-12-14-6-5-11-31-14/h1-11H,12-13H2,(H,26,29). The first-order chi connectivity index (χ1) is 15.3. The van der Waals surface area contributed by atoms with E-state index in [1.807, 2.05) is 17.5 Å². The Hall–Kier alpha value is -3.11. The first kappa shape index (κ1) is 22.1. The Balaban J connectivity index is 1.72. The Kier molecular flexibility index (Phi) is 6.33. The van der Waals surface area contributed by atoms with Crippen molar-refractivity contribution >= 4 is 39.9 Å². The molecule has 0 aliphatic rings. The van der Waals surface area contributed by atoms with Crippen molar-refractivity contribution in [3.63, 3.8) is 0 Å². The van der Waals surface area contributed by atoms with E-state index < -0.39 is 17.3 Å². The summed E-state index contributed by atoms with van der Waals surface area (Å²) in [5.41, 5.74) is -1.57. The van der Waals surface area contributed by atoms with Crippen LogP contribution in [0.5, 0.6) is 0 Å². The zero-order valence-electron chi connectivity index (χ0n) is 16.4. The third kappa shape index (κ3) is 4.71. The monoisotopic (exact) mass is 475 g/mol. The van der Waals surface area contributed by atoms with Crippen molar-refractivity contribution in [2.45, 2.75) is 17.9 Å². The molecular weight excluding hydrogens is 459 g/mol. The van der Waals surface area contributed by atoms with Crippen LogP contribution in [0.4, 0.5) is 13.2 Å². The number of thioether (sulfide) groups is 1. The van der Waals surface area contributed by atoms with Crippen molar-refractivity contribution < 1.29 is 18.0 Å². The molecule has 4 aromatic rings. The van der Waals surface area contributed by atoms with E-state index in [1.54, 1.807) is 18.2 Å². The Morgan fingerprint density at radius 2 is 1.81 bits per heavy atom. The molecule has 2 heterocycles. The Labute approximate surface area is 188 Å². The number of benzene rings is 2. The van der Waals surface area contributed by atoms with Gasteiger partial charge in [0.05, 0.1) is 34.5 Å². The molecule has 0 saturated heterocycles. The third-order valence-corrected chi connectivity index (χ3v) is 6.38. The zero-order valence-corrected chi connectivity index (χ0v) is 18.1. The Bertz CT molecular complexity index is 1320. The predicted octanol–water partition coefficient (Wildman–Crippen LogP) is 4.87. The van der Waals surface area contributed by atoms with Gasteiger partial charge in [0.15, 0.2) is 5.16 Å². The van der Waals surface area contributed by atoms with Gasteiger partial charge in [-0.05, 0) is 35.7 Å². The summed E-state index contributed by atoms with van der Waals surface area (Å²) < 4.78 is 41.9. The predicted molar refractivity (Wildman–Crippen MR) is 119 cm³/mol. The molecule has 2 aromatic heterocycles. The quantitative estimate of drug-likeness (QED) is 0.319. The Morgan fingerprint density at radius 3 is 2.56 bits per heavy atom. The number of nitrogens with zero attached hydrogens (tertiary/aromatic N) is 2. The minimum Gasteiger partial charge on any atom is -0.350 e. The molecule has 0 aliphatic heterocycles. The van der Waals surface area contributed by atoms with Gasteiger partial charge in [-0.1, -0.05) is 42.1 Å². The average Bonchev–Trinajstić information content (AvgIpc) is 3.29. The van der Waals surface area contributed by atoms with Crippen molar-refractivity contribution in [3.8, 4) is 5.69 Å². The number of rotatable bonds is 6. The molecule has 10 heteroatoms. The Morgan fingerprint density at radius 1 is 1.06 bits per heavy atom. The van der Waals surface area contributed by atoms with Crippen LogP contribution in [-0.4, -0.2) is 21.2 Å². The van der Waals surface area contributed by atoms with Crippen LogP contribution in [-0.2, 0) is 17.5 Å². The highest BCUT2D eigenvalue weighted by Crippen LogP contribution is 2.34. The highest BCUT2D eigenvalue weighted by Gasteiger charge is 2.34. The lowest BCUT2D eigenvalue weighted by molar-refractivity contribution is -0.137. The number of hydrogen-bond acceptors (Lipinski definition) is 5. The van der Waals surface area contributed by atoms with E-state index in [2.05, 4.69) is 10.3 Å². The molecule has 32 heavy (non-hydrogen) atoms. The van der Waals surface area contributed by atoms with Gasteiger partial charge < -0.3 is 5.32 Å². The second kappa shape index (κ2) is 9.17. The molecule has 0 unspecified atom stereocenters. The van der Waals surface area contributed by atoms with Gasteiger partial charge >= 0.3 is 6.18 Å². The molecule has 164 valence electrons.